The van der Waals surface area contributed by atoms with E-state index in [0.717, 1.165) is 0 Å². The number of nitrogens with one attached hydrogen (secondary N) is 3. The molecule has 0 aromatic heterocycles. The minimum absolute atomic E-state index is 0.119. The first-order chi connectivity index (χ1) is 13.4. The first kappa shape index (κ1) is 20.9. The van der Waals surface area contributed by atoms with Gasteiger partial charge in [0.25, 0.3) is 5.91 Å². The number of imide groups is 1. The van der Waals surface area contributed by atoms with E-state index in [9.17, 15) is 18.4 Å². The molecule has 0 heterocycles. The highest BCUT2D eigenvalue weighted by Gasteiger charge is 2.23. The number of amides is 3. The predicted molar refractivity (Wildman–Crippen MR) is 99.6 cm³/mol. The van der Waals surface area contributed by atoms with E-state index in [1.165, 1.54) is 19.2 Å². The molecule has 3 amide bonds. The second-order valence-corrected chi connectivity index (χ2v) is 5.58. The molecule has 0 saturated carbocycles. The second-order valence-electron chi connectivity index (χ2n) is 5.58. The van der Waals surface area contributed by atoms with Gasteiger partial charge in [-0.25, -0.2) is 4.79 Å². The van der Waals surface area contributed by atoms with E-state index in [1.807, 2.05) is 0 Å². The molecule has 9 heteroatoms. The summed E-state index contributed by atoms with van der Waals surface area (Å²) < 4.78 is 34.7. The van der Waals surface area contributed by atoms with Crippen molar-refractivity contribution in [3.63, 3.8) is 0 Å². The van der Waals surface area contributed by atoms with Gasteiger partial charge in [-0.2, -0.15) is 8.78 Å². The van der Waals surface area contributed by atoms with Crippen molar-refractivity contribution in [1.29, 1.82) is 0 Å². The highest BCUT2D eigenvalue weighted by molar-refractivity contribution is 5.98. The normalized spacial score (nSPS) is 11.5. The molecule has 0 fully saturated rings. The Hall–Kier alpha value is -3.36. The van der Waals surface area contributed by atoms with Crippen molar-refractivity contribution in [2.45, 2.75) is 19.6 Å². The molecule has 2 rings (SSSR count). The van der Waals surface area contributed by atoms with E-state index >= 15 is 0 Å². The molecule has 0 aliphatic carbocycles. The fourth-order valence-electron chi connectivity index (χ4n) is 2.46. The summed E-state index contributed by atoms with van der Waals surface area (Å²) in [6, 6.07) is 11.4. The summed E-state index contributed by atoms with van der Waals surface area (Å²) in [4.78, 5) is 24.3. The minimum Gasteiger partial charge on any atom is -0.493 e. The lowest BCUT2D eigenvalue weighted by molar-refractivity contribution is -0.120. The number of anilines is 1. The van der Waals surface area contributed by atoms with Crippen LogP contribution >= 0.6 is 0 Å². The summed E-state index contributed by atoms with van der Waals surface area (Å²) in [5.41, 5.74) is 0.910. The smallest absolute Gasteiger partial charge is 0.387 e. The van der Waals surface area contributed by atoms with Crippen LogP contribution in [0, 0.1) is 0 Å². The van der Waals surface area contributed by atoms with Gasteiger partial charge >= 0.3 is 12.6 Å². The third-order valence-corrected chi connectivity index (χ3v) is 3.66. The number of rotatable bonds is 8. The van der Waals surface area contributed by atoms with E-state index in [0.29, 0.717) is 17.8 Å². The Morgan fingerprint density at radius 3 is 2.39 bits per heavy atom. The van der Waals surface area contributed by atoms with Crippen molar-refractivity contribution in [1.82, 2.24) is 10.6 Å². The quantitative estimate of drug-likeness (QED) is 0.641. The number of urea groups is 1. The zero-order chi connectivity index (χ0) is 20.5. The molecule has 3 N–H and O–H groups in total. The molecule has 28 heavy (non-hydrogen) atoms. The van der Waals surface area contributed by atoms with Gasteiger partial charge in [0.2, 0.25) is 0 Å². The van der Waals surface area contributed by atoms with Gasteiger partial charge in [0.15, 0.2) is 11.5 Å². The van der Waals surface area contributed by atoms with E-state index in [-0.39, 0.29) is 11.5 Å². The Morgan fingerprint density at radius 2 is 1.79 bits per heavy atom. The number of carbonyl (C=O) groups excluding carboxylic acids is 2. The van der Waals surface area contributed by atoms with Crippen LogP contribution in [-0.2, 0) is 4.79 Å². The van der Waals surface area contributed by atoms with Gasteiger partial charge in [-0.3, -0.25) is 10.1 Å². The van der Waals surface area contributed by atoms with Crippen molar-refractivity contribution in [2.24, 2.45) is 0 Å². The Labute approximate surface area is 161 Å². The Balaban J connectivity index is 2.29. The fourth-order valence-corrected chi connectivity index (χ4v) is 2.46. The number of carbonyl (C=O) groups is 2. The largest absolute Gasteiger partial charge is 0.493 e. The van der Waals surface area contributed by atoms with Gasteiger partial charge in [-0.1, -0.05) is 30.3 Å². The highest BCUT2D eigenvalue weighted by atomic mass is 19.3. The van der Waals surface area contributed by atoms with Crippen LogP contribution in [0.3, 0.4) is 0 Å². The van der Waals surface area contributed by atoms with Crippen molar-refractivity contribution in [2.75, 3.05) is 19.0 Å². The lowest BCUT2D eigenvalue weighted by atomic mass is 10.1. The number of ether oxygens (including phenoxy) is 2. The van der Waals surface area contributed by atoms with Gasteiger partial charge < -0.3 is 20.1 Å². The first-order valence-electron chi connectivity index (χ1n) is 8.47. The van der Waals surface area contributed by atoms with Crippen molar-refractivity contribution in [3.05, 3.63) is 54.1 Å². The number of halogens is 2. The van der Waals surface area contributed by atoms with Gasteiger partial charge in [0, 0.05) is 18.3 Å². The van der Waals surface area contributed by atoms with Crippen LogP contribution in [0.1, 0.15) is 18.5 Å². The monoisotopic (exact) mass is 393 g/mol. The maximum Gasteiger partial charge on any atom is 0.387 e. The molecule has 150 valence electrons. The van der Waals surface area contributed by atoms with Crippen molar-refractivity contribution >= 4 is 17.6 Å². The van der Waals surface area contributed by atoms with E-state index in [4.69, 9.17) is 4.74 Å². The summed E-state index contributed by atoms with van der Waals surface area (Å²) in [7, 11) is 1.33. The van der Waals surface area contributed by atoms with E-state index in [1.54, 1.807) is 43.3 Å². The molecule has 7 nitrogen and oxygen atoms in total. The Morgan fingerprint density at radius 1 is 1.07 bits per heavy atom. The highest BCUT2D eigenvalue weighted by Crippen LogP contribution is 2.33. The molecule has 0 saturated heterocycles. The topological polar surface area (TPSA) is 88.7 Å². The third kappa shape index (κ3) is 5.83. The van der Waals surface area contributed by atoms with Crippen LogP contribution in [0.25, 0.3) is 0 Å². The van der Waals surface area contributed by atoms with Crippen LogP contribution in [0.2, 0.25) is 0 Å². The van der Waals surface area contributed by atoms with E-state index < -0.39 is 24.6 Å². The van der Waals surface area contributed by atoms with Crippen LogP contribution in [0.15, 0.2) is 48.5 Å². The average molecular weight is 393 g/mol. The van der Waals surface area contributed by atoms with Gasteiger partial charge in [0.05, 0.1) is 7.11 Å². The standard InChI is InChI=1S/C19H21F2N3O4/c1-3-22-19(26)24-17(25)16(12-7-5-4-6-8-12)23-13-9-10-14(27-2)15(11-13)28-18(20)21/h4-11,16,18,23H,3H2,1-2H3,(H2,22,24,25,26). The Kier molecular flexibility index (Phi) is 7.55. The number of hydrogen-bond acceptors (Lipinski definition) is 5. The van der Waals surface area contributed by atoms with Crippen molar-refractivity contribution < 1.29 is 27.8 Å². The molecule has 1 unspecified atom stereocenters. The van der Waals surface area contributed by atoms with Crippen LogP contribution in [0.5, 0.6) is 11.5 Å². The molecule has 0 bridgehead atoms. The average Bonchev–Trinajstić information content (AvgIpc) is 2.66. The number of hydrogen-bond donors (Lipinski definition) is 3. The summed E-state index contributed by atoms with van der Waals surface area (Å²) in [6.45, 7) is -0.955. The van der Waals surface area contributed by atoms with Crippen LogP contribution in [0.4, 0.5) is 19.3 Å². The van der Waals surface area contributed by atoms with Gasteiger partial charge in [-0.15, -0.1) is 0 Å². The molecule has 0 radical (unpaired) electrons. The predicted octanol–water partition coefficient (Wildman–Crippen LogP) is 3.30. The molecule has 0 aliphatic rings. The van der Waals surface area contributed by atoms with E-state index in [2.05, 4.69) is 20.7 Å². The molecule has 2 aromatic rings. The van der Waals surface area contributed by atoms with Gasteiger partial charge in [-0.05, 0) is 24.6 Å². The van der Waals surface area contributed by atoms with Crippen LogP contribution < -0.4 is 25.4 Å². The number of alkyl halides is 2. The number of methoxy groups -OCH3 is 1. The Bertz CT molecular complexity index is 803. The zero-order valence-electron chi connectivity index (χ0n) is 15.4. The molecule has 2 aromatic carbocycles. The number of benzene rings is 2. The van der Waals surface area contributed by atoms with Crippen LogP contribution in [-0.4, -0.2) is 32.2 Å². The summed E-state index contributed by atoms with van der Waals surface area (Å²) in [5, 5.41) is 7.65. The first-order valence-corrected chi connectivity index (χ1v) is 8.47. The van der Waals surface area contributed by atoms with Gasteiger partial charge in [0.1, 0.15) is 6.04 Å². The maximum atomic E-state index is 12.6. The lowest BCUT2D eigenvalue weighted by Gasteiger charge is -2.20. The molecular formula is C19H21F2N3O4. The minimum atomic E-state index is -3.03. The molecule has 1 atom stereocenters. The summed E-state index contributed by atoms with van der Waals surface area (Å²) in [5.74, 6) is -0.670. The second kappa shape index (κ2) is 10.1. The third-order valence-electron chi connectivity index (χ3n) is 3.66. The molecule has 0 aliphatic heterocycles. The summed E-state index contributed by atoms with van der Waals surface area (Å²) >= 11 is 0. The zero-order valence-corrected chi connectivity index (χ0v) is 15.4. The fraction of sp³-hybridized carbons (Fsp3) is 0.263. The maximum absolute atomic E-state index is 12.6. The van der Waals surface area contributed by atoms with Crippen molar-refractivity contribution in [3.8, 4) is 11.5 Å². The molecular weight excluding hydrogens is 372 g/mol. The lowest BCUT2D eigenvalue weighted by Crippen LogP contribution is -2.43. The summed E-state index contributed by atoms with van der Waals surface area (Å²) in [6.07, 6.45) is 0. The molecule has 0 spiro atoms. The SMILES string of the molecule is CCNC(=O)NC(=O)C(Nc1ccc(OC)c(OC(F)F)c1)c1ccccc1.